The zero-order chi connectivity index (χ0) is 8.32. The van der Waals surface area contributed by atoms with Gasteiger partial charge in [-0.2, -0.15) is 5.26 Å². The quantitative estimate of drug-likeness (QED) is 0.593. The minimum atomic E-state index is -0.509. The molecule has 0 saturated heterocycles. The lowest BCUT2D eigenvalue weighted by Gasteiger charge is -2.17. The molecular formula is C9H17ClN2. The van der Waals surface area contributed by atoms with E-state index in [0.717, 1.165) is 31.6 Å². The van der Waals surface area contributed by atoms with E-state index in [1.165, 1.54) is 6.42 Å². The summed E-state index contributed by atoms with van der Waals surface area (Å²) in [5, 5.41) is 8.79. The molecular weight excluding hydrogens is 172 g/mol. The highest BCUT2D eigenvalue weighted by atomic mass is 35.5. The highest BCUT2D eigenvalue weighted by Crippen LogP contribution is 2.27. The van der Waals surface area contributed by atoms with Crippen LogP contribution in [0.5, 0.6) is 0 Å². The van der Waals surface area contributed by atoms with Crippen molar-refractivity contribution in [2.45, 2.75) is 44.6 Å². The Labute approximate surface area is 80.5 Å². The highest BCUT2D eigenvalue weighted by molar-refractivity contribution is 5.85. The van der Waals surface area contributed by atoms with Gasteiger partial charge in [-0.1, -0.05) is 19.8 Å². The molecule has 2 unspecified atom stereocenters. The summed E-state index contributed by atoms with van der Waals surface area (Å²) in [5.41, 5.74) is 5.35. The molecule has 2 atom stereocenters. The molecule has 0 aromatic carbocycles. The van der Waals surface area contributed by atoms with Gasteiger partial charge in [-0.15, -0.1) is 12.4 Å². The van der Waals surface area contributed by atoms with E-state index in [1.54, 1.807) is 0 Å². The summed E-state index contributed by atoms with van der Waals surface area (Å²) in [7, 11) is 0. The molecule has 1 aliphatic carbocycles. The number of rotatable bonds is 0. The molecule has 0 amide bonds. The summed E-state index contributed by atoms with van der Waals surface area (Å²) < 4.78 is 0. The van der Waals surface area contributed by atoms with Crippen LogP contribution in [0.4, 0.5) is 0 Å². The Bertz CT molecular complexity index is 176. The smallest absolute Gasteiger partial charge is 0.104 e. The molecule has 12 heavy (non-hydrogen) atoms. The van der Waals surface area contributed by atoms with Gasteiger partial charge in [0.15, 0.2) is 0 Å². The second-order valence-corrected chi connectivity index (χ2v) is 3.80. The topological polar surface area (TPSA) is 49.8 Å². The van der Waals surface area contributed by atoms with E-state index < -0.39 is 5.54 Å². The number of hydrogen-bond acceptors (Lipinski definition) is 2. The average Bonchev–Trinajstić information content (AvgIpc) is 2.15. The first kappa shape index (κ1) is 11.7. The molecule has 2 N–H and O–H groups in total. The van der Waals surface area contributed by atoms with Gasteiger partial charge in [0.05, 0.1) is 6.07 Å². The lowest BCUT2D eigenvalue weighted by Crippen LogP contribution is -2.37. The van der Waals surface area contributed by atoms with Gasteiger partial charge in [0.25, 0.3) is 0 Å². The molecule has 0 bridgehead atoms. The van der Waals surface area contributed by atoms with Gasteiger partial charge in [0.1, 0.15) is 5.54 Å². The predicted octanol–water partition coefficient (Wildman–Crippen LogP) is 2.23. The third-order valence-corrected chi connectivity index (χ3v) is 2.63. The molecule has 0 aromatic heterocycles. The van der Waals surface area contributed by atoms with Gasteiger partial charge in [0.2, 0.25) is 0 Å². The van der Waals surface area contributed by atoms with Crippen molar-refractivity contribution in [3.63, 3.8) is 0 Å². The third kappa shape index (κ3) is 3.00. The van der Waals surface area contributed by atoms with Crippen molar-refractivity contribution in [3.05, 3.63) is 0 Å². The van der Waals surface area contributed by atoms with Gasteiger partial charge in [-0.25, -0.2) is 0 Å². The maximum atomic E-state index is 8.79. The normalized spacial score (nSPS) is 35.9. The minimum absolute atomic E-state index is 0. The molecule has 2 nitrogen and oxygen atoms in total. The Hall–Kier alpha value is -0.260. The number of hydrogen-bond donors (Lipinski definition) is 1. The minimum Gasteiger partial charge on any atom is -0.313 e. The van der Waals surface area contributed by atoms with Gasteiger partial charge in [0, 0.05) is 0 Å². The molecule has 1 saturated carbocycles. The molecule has 0 heterocycles. The maximum absolute atomic E-state index is 8.79. The van der Waals surface area contributed by atoms with Gasteiger partial charge < -0.3 is 5.73 Å². The molecule has 1 aliphatic rings. The fourth-order valence-corrected chi connectivity index (χ4v) is 1.65. The second kappa shape index (κ2) is 4.69. The van der Waals surface area contributed by atoms with E-state index >= 15 is 0 Å². The SMILES string of the molecule is CC1CCCC(N)(C#N)CC1.Cl. The van der Waals surface area contributed by atoms with E-state index in [4.69, 9.17) is 11.0 Å². The summed E-state index contributed by atoms with van der Waals surface area (Å²) in [6.45, 7) is 2.24. The number of halogens is 1. The monoisotopic (exact) mass is 188 g/mol. The van der Waals surface area contributed by atoms with Crippen LogP contribution in [0.2, 0.25) is 0 Å². The van der Waals surface area contributed by atoms with Crippen molar-refractivity contribution >= 4 is 12.4 Å². The summed E-state index contributed by atoms with van der Waals surface area (Å²) in [5.74, 6) is 0.758. The molecule has 3 heteroatoms. The van der Waals surface area contributed by atoms with E-state index in [2.05, 4.69) is 13.0 Å². The molecule has 1 rings (SSSR count). The average molecular weight is 189 g/mol. The zero-order valence-corrected chi connectivity index (χ0v) is 8.36. The van der Waals surface area contributed by atoms with Crippen molar-refractivity contribution in [2.75, 3.05) is 0 Å². The van der Waals surface area contributed by atoms with E-state index in [9.17, 15) is 0 Å². The first-order valence-corrected chi connectivity index (χ1v) is 4.36. The first-order chi connectivity index (χ1) is 5.16. The van der Waals surface area contributed by atoms with Crippen LogP contribution < -0.4 is 5.73 Å². The third-order valence-electron chi connectivity index (χ3n) is 2.63. The second-order valence-electron chi connectivity index (χ2n) is 3.80. The first-order valence-electron chi connectivity index (χ1n) is 4.36. The highest BCUT2D eigenvalue weighted by Gasteiger charge is 2.27. The van der Waals surface area contributed by atoms with Crippen molar-refractivity contribution in [1.82, 2.24) is 0 Å². The molecule has 0 spiro atoms. The predicted molar refractivity (Wildman–Crippen MR) is 52.0 cm³/mol. The summed E-state index contributed by atoms with van der Waals surface area (Å²) in [6.07, 6.45) is 5.23. The molecule has 0 radical (unpaired) electrons. The Kier molecular flexibility index (Phi) is 4.59. The lowest BCUT2D eigenvalue weighted by molar-refractivity contribution is 0.455. The summed E-state index contributed by atoms with van der Waals surface area (Å²) >= 11 is 0. The molecule has 70 valence electrons. The van der Waals surface area contributed by atoms with Crippen LogP contribution in [0.1, 0.15) is 39.0 Å². The van der Waals surface area contributed by atoms with Gasteiger partial charge >= 0.3 is 0 Å². The Balaban J connectivity index is 0.00000121. The summed E-state index contributed by atoms with van der Waals surface area (Å²) in [6, 6.07) is 2.22. The van der Waals surface area contributed by atoms with Crippen molar-refractivity contribution in [2.24, 2.45) is 11.7 Å². The van der Waals surface area contributed by atoms with E-state index in [0.29, 0.717) is 0 Å². The standard InChI is InChI=1S/C9H16N2.ClH/c1-8-3-2-5-9(11,7-10)6-4-8;/h8H,2-6,11H2,1H3;1H. The molecule has 0 aromatic rings. The van der Waals surface area contributed by atoms with Crippen LogP contribution >= 0.6 is 12.4 Å². The molecule has 1 fully saturated rings. The molecule has 0 aliphatic heterocycles. The van der Waals surface area contributed by atoms with Crippen LogP contribution in [0, 0.1) is 17.2 Å². The van der Waals surface area contributed by atoms with Crippen LogP contribution in [0.25, 0.3) is 0 Å². The number of nitrogens with zero attached hydrogens (tertiary/aromatic N) is 1. The van der Waals surface area contributed by atoms with E-state index in [1.807, 2.05) is 0 Å². The van der Waals surface area contributed by atoms with Crippen LogP contribution in [-0.2, 0) is 0 Å². The van der Waals surface area contributed by atoms with Gasteiger partial charge in [-0.3, -0.25) is 0 Å². The van der Waals surface area contributed by atoms with Gasteiger partial charge in [-0.05, 0) is 25.2 Å². The van der Waals surface area contributed by atoms with Crippen molar-refractivity contribution in [1.29, 1.82) is 5.26 Å². The van der Waals surface area contributed by atoms with Crippen molar-refractivity contribution in [3.8, 4) is 6.07 Å². The van der Waals surface area contributed by atoms with E-state index in [-0.39, 0.29) is 12.4 Å². The largest absolute Gasteiger partial charge is 0.313 e. The van der Waals surface area contributed by atoms with Crippen molar-refractivity contribution < 1.29 is 0 Å². The Morgan fingerprint density at radius 2 is 2.08 bits per heavy atom. The van der Waals surface area contributed by atoms with Crippen LogP contribution in [0.15, 0.2) is 0 Å². The fourth-order valence-electron chi connectivity index (χ4n) is 1.65. The zero-order valence-electron chi connectivity index (χ0n) is 7.55. The summed E-state index contributed by atoms with van der Waals surface area (Å²) in [4.78, 5) is 0. The Morgan fingerprint density at radius 1 is 1.42 bits per heavy atom. The maximum Gasteiger partial charge on any atom is 0.104 e. The number of nitrogens with two attached hydrogens (primary N) is 1. The fraction of sp³-hybridized carbons (Fsp3) is 0.889. The van der Waals surface area contributed by atoms with Crippen LogP contribution in [0.3, 0.4) is 0 Å². The lowest BCUT2D eigenvalue weighted by atomic mass is 9.93. The Morgan fingerprint density at radius 3 is 2.67 bits per heavy atom. The van der Waals surface area contributed by atoms with Crippen LogP contribution in [-0.4, -0.2) is 5.54 Å². The number of nitriles is 1.